The van der Waals surface area contributed by atoms with E-state index < -0.39 is 6.10 Å². The van der Waals surface area contributed by atoms with Gasteiger partial charge in [-0.15, -0.1) is 0 Å². The number of rotatable bonds is 4. The minimum Gasteiger partial charge on any atom is -0.496 e. The maximum Gasteiger partial charge on any atom is 0.124 e. The summed E-state index contributed by atoms with van der Waals surface area (Å²) in [6.07, 6.45) is 1.90. The van der Waals surface area contributed by atoms with Crippen LogP contribution >= 0.6 is 11.6 Å². The fraction of sp³-hybridized carbons (Fsp3) is 0.538. The van der Waals surface area contributed by atoms with Gasteiger partial charge in [-0.1, -0.05) is 11.6 Å². The van der Waals surface area contributed by atoms with E-state index in [1.807, 2.05) is 0 Å². The summed E-state index contributed by atoms with van der Waals surface area (Å²) >= 11 is 5.95. The molecule has 2 rings (SSSR count). The van der Waals surface area contributed by atoms with Gasteiger partial charge in [0.1, 0.15) is 5.75 Å². The van der Waals surface area contributed by atoms with Gasteiger partial charge < -0.3 is 14.7 Å². The molecule has 3 nitrogen and oxygen atoms in total. The van der Waals surface area contributed by atoms with Crippen molar-refractivity contribution >= 4 is 11.6 Å². The predicted octanol–water partition coefficient (Wildman–Crippen LogP) is 2.48. The molecule has 1 unspecified atom stereocenters. The molecule has 1 heterocycles. The van der Waals surface area contributed by atoms with Crippen LogP contribution in [0.1, 0.15) is 24.5 Å². The molecule has 0 aromatic heterocycles. The topological polar surface area (TPSA) is 32.7 Å². The number of nitrogens with zero attached hydrogens (tertiary/aromatic N) is 1. The largest absolute Gasteiger partial charge is 0.496 e. The van der Waals surface area contributed by atoms with E-state index in [1.165, 1.54) is 12.8 Å². The quantitative estimate of drug-likeness (QED) is 0.897. The summed E-state index contributed by atoms with van der Waals surface area (Å²) in [7, 11) is 1.61. The van der Waals surface area contributed by atoms with Gasteiger partial charge >= 0.3 is 0 Å². The first-order valence-electron chi connectivity index (χ1n) is 5.94. The zero-order valence-electron chi connectivity index (χ0n) is 10.0. The summed E-state index contributed by atoms with van der Waals surface area (Å²) in [5.74, 6) is 0.695. The second-order valence-electron chi connectivity index (χ2n) is 4.41. The predicted molar refractivity (Wildman–Crippen MR) is 68.6 cm³/mol. The molecular weight excluding hydrogens is 238 g/mol. The number of aliphatic hydroxyl groups is 1. The Morgan fingerprint density at radius 1 is 1.41 bits per heavy atom. The fourth-order valence-corrected chi connectivity index (χ4v) is 2.45. The highest BCUT2D eigenvalue weighted by molar-refractivity contribution is 6.30. The van der Waals surface area contributed by atoms with Crippen molar-refractivity contribution in [1.82, 2.24) is 4.90 Å². The van der Waals surface area contributed by atoms with Gasteiger partial charge in [-0.25, -0.2) is 0 Å². The van der Waals surface area contributed by atoms with Crippen LogP contribution in [0.2, 0.25) is 5.02 Å². The summed E-state index contributed by atoms with van der Waals surface area (Å²) in [6.45, 7) is 2.79. The summed E-state index contributed by atoms with van der Waals surface area (Å²) in [4.78, 5) is 2.27. The number of likely N-dealkylation sites (tertiary alicyclic amines) is 1. The molecule has 0 aliphatic carbocycles. The number of ether oxygens (including phenoxy) is 1. The van der Waals surface area contributed by atoms with Crippen molar-refractivity contribution in [3.05, 3.63) is 28.8 Å². The van der Waals surface area contributed by atoms with Gasteiger partial charge in [0.15, 0.2) is 0 Å². The van der Waals surface area contributed by atoms with E-state index in [9.17, 15) is 5.11 Å². The van der Waals surface area contributed by atoms with Gasteiger partial charge in [0.25, 0.3) is 0 Å². The zero-order chi connectivity index (χ0) is 12.3. The van der Waals surface area contributed by atoms with Gasteiger partial charge in [0.05, 0.1) is 13.2 Å². The third kappa shape index (κ3) is 3.12. The molecule has 4 heteroatoms. The first kappa shape index (κ1) is 12.7. The highest BCUT2D eigenvalue weighted by atomic mass is 35.5. The molecule has 0 radical (unpaired) electrons. The van der Waals surface area contributed by atoms with Crippen LogP contribution in [0.3, 0.4) is 0 Å². The summed E-state index contributed by atoms with van der Waals surface area (Å²) in [6, 6.07) is 5.35. The molecule has 1 aliphatic rings. The van der Waals surface area contributed by atoms with Crippen molar-refractivity contribution in [1.29, 1.82) is 0 Å². The Morgan fingerprint density at radius 3 is 2.76 bits per heavy atom. The standard InChI is InChI=1S/C13H18ClNO2/c1-17-13-5-4-10(14)8-11(13)12(16)9-15-6-2-3-7-15/h4-5,8,12,16H,2-3,6-7,9H2,1H3. The molecule has 0 saturated carbocycles. The van der Waals surface area contributed by atoms with E-state index in [2.05, 4.69) is 4.90 Å². The van der Waals surface area contributed by atoms with Crippen molar-refractivity contribution in [2.75, 3.05) is 26.7 Å². The lowest BCUT2D eigenvalue weighted by Gasteiger charge is -2.21. The van der Waals surface area contributed by atoms with Crippen LogP contribution in [0.15, 0.2) is 18.2 Å². The fourth-order valence-electron chi connectivity index (χ4n) is 2.27. The maximum absolute atomic E-state index is 10.2. The first-order valence-corrected chi connectivity index (χ1v) is 6.32. The molecule has 1 aromatic rings. The summed E-state index contributed by atoms with van der Waals surface area (Å²) < 4.78 is 5.25. The van der Waals surface area contributed by atoms with Gasteiger partial charge in [0, 0.05) is 17.1 Å². The van der Waals surface area contributed by atoms with Crippen molar-refractivity contribution in [3.63, 3.8) is 0 Å². The molecule has 94 valence electrons. The van der Waals surface area contributed by atoms with Gasteiger partial charge in [-0.3, -0.25) is 0 Å². The lowest BCUT2D eigenvalue weighted by Crippen LogP contribution is -2.25. The van der Waals surface area contributed by atoms with Crippen LogP contribution in [0.4, 0.5) is 0 Å². The molecule has 1 N–H and O–H groups in total. The first-order chi connectivity index (χ1) is 8.20. The minimum absolute atomic E-state index is 0.540. The number of β-amino-alcohol motifs (C(OH)–C–C–N with tert-alkyl or cyclic N) is 1. The number of hydrogen-bond donors (Lipinski definition) is 1. The lowest BCUT2D eigenvalue weighted by atomic mass is 10.1. The second kappa shape index (κ2) is 5.71. The molecule has 1 atom stereocenters. The molecule has 0 amide bonds. The molecule has 0 bridgehead atoms. The maximum atomic E-state index is 10.2. The van der Waals surface area contributed by atoms with Gasteiger partial charge in [-0.2, -0.15) is 0 Å². The van der Waals surface area contributed by atoms with Crippen molar-refractivity contribution in [3.8, 4) is 5.75 Å². The number of halogens is 1. The van der Waals surface area contributed by atoms with E-state index in [1.54, 1.807) is 25.3 Å². The van der Waals surface area contributed by atoms with Crippen LogP contribution < -0.4 is 4.74 Å². The molecular formula is C13H18ClNO2. The summed E-state index contributed by atoms with van der Waals surface area (Å²) in [5.41, 5.74) is 0.770. The Kier molecular flexibility index (Phi) is 4.26. The Bertz CT molecular complexity index is 378. The Labute approximate surface area is 107 Å². The molecule has 1 aromatic carbocycles. The SMILES string of the molecule is COc1ccc(Cl)cc1C(O)CN1CCCC1. The van der Waals surface area contributed by atoms with Crippen molar-refractivity contribution in [2.24, 2.45) is 0 Å². The third-order valence-corrected chi connectivity index (χ3v) is 3.42. The molecule has 17 heavy (non-hydrogen) atoms. The number of aliphatic hydroxyl groups excluding tert-OH is 1. The van der Waals surface area contributed by atoms with Crippen LogP contribution in [-0.2, 0) is 0 Å². The van der Waals surface area contributed by atoms with Crippen LogP contribution in [0.5, 0.6) is 5.75 Å². The normalized spacial score (nSPS) is 18.3. The van der Waals surface area contributed by atoms with E-state index in [0.29, 0.717) is 17.3 Å². The average molecular weight is 256 g/mol. The van der Waals surface area contributed by atoms with Crippen LogP contribution in [0, 0.1) is 0 Å². The summed E-state index contributed by atoms with van der Waals surface area (Å²) in [5, 5.41) is 10.9. The monoisotopic (exact) mass is 255 g/mol. The Morgan fingerprint density at radius 2 is 2.12 bits per heavy atom. The Balaban J connectivity index is 2.11. The average Bonchev–Trinajstić information content (AvgIpc) is 2.81. The Hall–Kier alpha value is -0.770. The minimum atomic E-state index is -0.540. The molecule has 1 aliphatic heterocycles. The number of hydrogen-bond acceptors (Lipinski definition) is 3. The van der Waals surface area contributed by atoms with Crippen molar-refractivity contribution in [2.45, 2.75) is 18.9 Å². The third-order valence-electron chi connectivity index (χ3n) is 3.18. The zero-order valence-corrected chi connectivity index (χ0v) is 10.8. The van der Waals surface area contributed by atoms with Gasteiger partial charge in [0.2, 0.25) is 0 Å². The van der Waals surface area contributed by atoms with Crippen molar-refractivity contribution < 1.29 is 9.84 Å². The number of benzene rings is 1. The van der Waals surface area contributed by atoms with E-state index >= 15 is 0 Å². The second-order valence-corrected chi connectivity index (χ2v) is 4.85. The van der Waals surface area contributed by atoms with Crippen LogP contribution in [-0.4, -0.2) is 36.8 Å². The molecule has 1 saturated heterocycles. The lowest BCUT2D eigenvalue weighted by molar-refractivity contribution is 0.123. The molecule has 0 spiro atoms. The van der Waals surface area contributed by atoms with Gasteiger partial charge in [-0.05, 0) is 44.1 Å². The number of methoxy groups -OCH3 is 1. The highest BCUT2D eigenvalue weighted by Crippen LogP contribution is 2.29. The smallest absolute Gasteiger partial charge is 0.124 e. The van der Waals surface area contributed by atoms with Crippen LogP contribution in [0.25, 0.3) is 0 Å². The van der Waals surface area contributed by atoms with E-state index in [0.717, 1.165) is 18.7 Å². The molecule has 1 fully saturated rings. The van der Waals surface area contributed by atoms with E-state index in [4.69, 9.17) is 16.3 Å². The highest BCUT2D eigenvalue weighted by Gasteiger charge is 2.19. The van der Waals surface area contributed by atoms with E-state index in [-0.39, 0.29) is 0 Å².